The van der Waals surface area contributed by atoms with Gasteiger partial charge < -0.3 is 4.90 Å². The lowest BCUT2D eigenvalue weighted by atomic mass is 10.4. The lowest BCUT2D eigenvalue weighted by molar-refractivity contribution is -0.129. The van der Waals surface area contributed by atoms with Gasteiger partial charge in [-0.15, -0.1) is 22.9 Å². The highest BCUT2D eigenvalue weighted by molar-refractivity contribution is 7.16. The van der Waals surface area contributed by atoms with Crippen LogP contribution in [0.15, 0.2) is 6.20 Å². The van der Waals surface area contributed by atoms with Crippen LogP contribution in [0.3, 0.4) is 0 Å². The summed E-state index contributed by atoms with van der Waals surface area (Å²) in [6.07, 6.45) is 3.65. The number of carbonyl (C=O) groups excluding carboxylic acids is 1. The van der Waals surface area contributed by atoms with E-state index in [-0.39, 0.29) is 5.91 Å². The smallest absolute Gasteiger partial charge is 0.247 e. The molecule has 1 aliphatic rings. The van der Waals surface area contributed by atoms with Crippen molar-refractivity contribution < 1.29 is 4.79 Å². The van der Waals surface area contributed by atoms with Crippen molar-refractivity contribution >= 4 is 40.4 Å². The summed E-state index contributed by atoms with van der Waals surface area (Å²) in [6.45, 7) is 1.61. The quantitative estimate of drug-likeness (QED) is 0.770. The average molecular weight is 265 g/mol. The molecule has 1 aromatic rings. The van der Waals surface area contributed by atoms with E-state index in [9.17, 15) is 4.79 Å². The number of nitrogens with zero attached hydrogens (tertiary/aromatic N) is 2. The second kappa shape index (κ2) is 4.68. The first-order valence-corrected chi connectivity index (χ1v) is 6.35. The molecular weight excluding hydrogens is 255 g/mol. The Hall–Kier alpha value is -0.320. The molecule has 1 aliphatic heterocycles. The summed E-state index contributed by atoms with van der Waals surface area (Å²) >= 11 is 13.0. The number of hydrogen-bond acceptors (Lipinski definition) is 3. The van der Waals surface area contributed by atoms with E-state index in [1.54, 1.807) is 4.90 Å². The Balaban J connectivity index is 2.06. The minimum atomic E-state index is -0.680. The number of thiazole rings is 1. The van der Waals surface area contributed by atoms with Crippen LogP contribution in [-0.4, -0.2) is 28.9 Å². The summed E-state index contributed by atoms with van der Waals surface area (Å²) in [7, 11) is 0. The third-order valence-electron chi connectivity index (χ3n) is 2.35. The van der Waals surface area contributed by atoms with Crippen LogP contribution >= 0.6 is 34.5 Å². The van der Waals surface area contributed by atoms with Gasteiger partial charge in [-0.1, -0.05) is 11.6 Å². The number of likely N-dealkylation sites (tertiary alicyclic amines) is 1. The van der Waals surface area contributed by atoms with Crippen LogP contribution in [0, 0.1) is 0 Å². The van der Waals surface area contributed by atoms with Crippen LogP contribution in [0.25, 0.3) is 0 Å². The van der Waals surface area contributed by atoms with E-state index < -0.39 is 5.38 Å². The molecule has 1 saturated heterocycles. The number of rotatable bonds is 2. The number of carbonyl (C=O) groups is 1. The molecule has 3 nitrogen and oxygen atoms in total. The van der Waals surface area contributed by atoms with Crippen molar-refractivity contribution in [1.82, 2.24) is 9.88 Å². The number of alkyl halides is 1. The Morgan fingerprint density at radius 1 is 1.53 bits per heavy atom. The van der Waals surface area contributed by atoms with Crippen molar-refractivity contribution in [3.05, 3.63) is 15.5 Å². The molecule has 1 aromatic heterocycles. The van der Waals surface area contributed by atoms with E-state index >= 15 is 0 Å². The molecule has 0 N–H and O–H groups in total. The number of amides is 1. The molecule has 0 aromatic carbocycles. The maximum atomic E-state index is 11.9. The Kier molecular flexibility index (Phi) is 3.49. The largest absolute Gasteiger partial charge is 0.341 e. The monoisotopic (exact) mass is 264 g/mol. The van der Waals surface area contributed by atoms with E-state index in [2.05, 4.69) is 4.98 Å². The number of hydrogen-bond donors (Lipinski definition) is 0. The van der Waals surface area contributed by atoms with Gasteiger partial charge in [-0.05, 0) is 12.8 Å². The Morgan fingerprint density at radius 3 is 2.73 bits per heavy atom. The van der Waals surface area contributed by atoms with Crippen molar-refractivity contribution in [3.63, 3.8) is 0 Å². The predicted molar refractivity (Wildman–Crippen MR) is 61.5 cm³/mol. The molecule has 0 aliphatic carbocycles. The van der Waals surface area contributed by atoms with Crippen molar-refractivity contribution in [2.45, 2.75) is 18.2 Å². The van der Waals surface area contributed by atoms with Crippen LogP contribution in [0.2, 0.25) is 4.34 Å². The van der Waals surface area contributed by atoms with Crippen LogP contribution in [0.5, 0.6) is 0 Å². The molecule has 6 heteroatoms. The predicted octanol–water partition coefficient (Wildman–Crippen LogP) is 2.70. The van der Waals surface area contributed by atoms with Crippen molar-refractivity contribution in [2.75, 3.05) is 13.1 Å². The van der Waals surface area contributed by atoms with Crippen molar-refractivity contribution in [2.24, 2.45) is 0 Å². The van der Waals surface area contributed by atoms with Gasteiger partial charge in [0.1, 0.15) is 9.34 Å². The van der Waals surface area contributed by atoms with Crippen LogP contribution in [-0.2, 0) is 4.79 Å². The summed E-state index contributed by atoms with van der Waals surface area (Å²) in [5.74, 6) is -0.0554. The fourth-order valence-electron chi connectivity index (χ4n) is 1.59. The first-order chi connectivity index (χ1) is 7.18. The molecule has 1 fully saturated rings. The second-order valence-electron chi connectivity index (χ2n) is 3.40. The fourth-order valence-corrected chi connectivity index (χ4v) is 2.82. The highest BCUT2D eigenvalue weighted by Gasteiger charge is 2.27. The third-order valence-corrected chi connectivity index (χ3v) is 4.05. The lowest BCUT2D eigenvalue weighted by Gasteiger charge is -2.17. The fraction of sp³-hybridized carbons (Fsp3) is 0.556. The van der Waals surface area contributed by atoms with Gasteiger partial charge in [0, 0.05) is 13.1 Å². The van der Waals surface area contributed by atoms with Gasteiger partial charge in [-0.2, -0.15) is 0 Å². The van der Waals surface area contributed by atoms with Crippen LogP contribution in [0.4, 0.5) is 0 Å². The van der Waals surface area contributed by atoms with Crippen LogP contribution < -0.4 is 0 Å². The molecule has 0 spiro atoms. The van der Waals surface area contributed by atoms with Gasteiger partial charge in [0.05, 0.1) is 6.20 Å². The molecular formula is C9H10Cl2N2OS. The van der Waals surface area contributed by atoms with Gasteiger partial charge in [0.25, 0.3) is 0 Å². The average Bonchev–Trinajstić information content (AvgIpc) is 2.85. The van der Waals surface area contributed by atoms with Gasteiger partial charge in [0.2, 0.25) is 5.91 Å². The standard InChI is InChI=1S/C9H10Cl2N2OS/c10-6-5-12-8(15-6)7(11)9(14)13-3-1-2-4-13/h5,7H,1-4H2. The zero-order valence-corrected chi connectivity index (χ0v) is 10.3. The summed E-state index contributed by atoms with van der Waals surface area (Å²) in [5.41, 5.74) is 0. The highest BCUT2D eigenvalue weighted by Crippen LogP contribution is 2.30. The Bertz CT molecular complexity index is 363. The summed E-state index contributed by atoms with van der Waals surface area (Å²) < 4.78 is 0.560. The Morgan fingerprint density at radius 2 is 2.20 bits per heavy atom. The zero-order valence-electron chi connectivity index (χ0n) is 7.95. The molecule has 15 heavy (non-hydrogen) atoms. The van der Waals surface area contributed by atoms with Crippen molar-refractivity contribution in [3.8, 4) is 0 Å². The summed E-state index contributed by atoms with van der Waals surface area (Å²) in [6, 6.07) is 0. The molecule has 0 bridgehead atoms. The normalized spacial score (nSPS) is 18.1. The highest BCUT2D eigenvalue weighted by atomic mass is 35.5. The van der Waals surface area contributed by atoms with E-state index in [4.69, 9.17) is 23.2 Å². The maximum Gasteiger partial charge on any atom is 0.247 e. The third kappa shape index (κ3) is 2.44. The molecule has 1 unspecified atom stereocenters. The van der Waals surface area contributed by atoms with E-state index in [1.165, 1.54) is 17.5 Å². The van der Waals surface area contributed by atoms with Crippen molar-refractivity contribution in [1.29, 1.82) is 0 Å². The topological polar surface area (TPSA) is 33.2 Å². The molecule has 0 saturated carbocycles. The van der Waals surface area contributed by atoms with Gasteiger partial charge in [0.15, 0.2) is 5.38 Å². The zero-order chi connectivity index (χ0) is 10.8. The molecule has 1 atom stereocenters. The number of halogens is 2. The Labute approximate surface area is 102 Å². The van der Waals surface area contributed by atoms with Gasteiger partial charge >= 0.3 is 0 Å². The minimum absolute atomic E-state index is 0.0554. The molecule has 82 valence electrons. The molecule has 2 rings (SSSR count). The summed E-state index contributed by atoms with van der Waals surface area (Å²) in [4.78, 5) is 17.7. The van der Waals surface area contributed by atoms with Crippen LogP contribution in [0.1, 0.15) is 23.2 Å². The van der Waals surface area contributed by atoms with Gasteiger partial charge in [-0.25, -0.2) is 4.98 Å². The minimum Gasteiger partial charge on any atom is -0.341 e. The number of aromatic nitrogens is 1. The lowest BCUT2D eigenvalue weighted by Crippen LogP contribution is -2.30. The first kappa shape index (κ1) is 11.2. The second-order valence-corrected chi connectivity index (χ2v) is 5.53. The van der Waals surface area contributed by atoms with E-state index in [1.807, 2.05) is 0 Å². The molecule has 1 amide bonds. The van der Waals surface area contributed by atoms with Gasteiger partial charge in [-0.3, -0.25) is 4.79 Å². The molecule has 0 radical (unpaired) electrons. The first-order valence-electron chi connectivity index (χ1n) is 4.72. The maximum absolute atomic E-state index is 11.9. The SMILES string of the molecule is O=C(C(Cl)c1ncc(Cl)s1)N1CCCC1. The molecule has 2 heterocycles. The summed E-state index contributed by atoms with van der Waals surface area (Å²) in [5, 5.41) is -0.0980. The van der Waals surface area contributed by atoms with E-state index in [0.29, 0.717) is 9.34 Å². The van der Waals surface area contributed by atoms with E-state index in [0.717, 1.165) is 25.9 Å².